The first-order valence-corrected chi connectivity index (χ1v) is 29.6. The summed E-state index contributed by atoms with van der Waals surface area (Å²) < 4.78 is 0. The van der Waals surface area contributed by atoms with Crippen molar-refractivity contribution >= 4 is 90.2 Å². The second kappa shape index (κ2) is 25.2. The van der Waals surface area contributed by atoms with Gasteiger partial charge in [-0.3, -0.25) is 29.0 Å². The summed E-state index contributed by atoms with van der Waals surface area (Å²) in [5.74, 6) is 1.93. The van der Waals surface area contributed by atoms with Gasteiger partial charge in [-0.25, -0.2) is 0 Å². The van der Waals surface area contributed by atoms with Gasteiger partial charge in [-0.2, -0.15) is 0 Å². The fraction of sp³-hybridized carbons (Fsp3) is 0.438. The largest absolute Gasteiger partial charge is 0.274 e. The van der Waals surface area contributed by atoms with E-state index in [1.54, 1.807) is 9.80 Å². The monoisotopic (exact) mass is 999 g/mol. The molecule has 0 spiro atoms. The fourth-order valence-electron chi connectivity index (χ4n) is 11.8. The van der Waals surface area contributed by atoms with Crippen molar-refractivity contribution in [2.75, 3.05) is 24.6 Å². The summed E-state index contributed by atoms with van der Waals surface area (Å²) in [5, 5.41) is 6.97. The van der Waals surface area contributed by atoms with Crippen LogP contribution in [-0.2, 0) is 0 Å². The van der Waals surface area contributed by atoms with Crippen LogP contribution in [0.1, 0.15) is 184 Å². The van der Waals surface area contributed by atoms with Crippen molar-refractivity contribution < 1.29 is 19.2 Å². The molecule has 0 aromatic heterocycles. The van der Waals surface area contributed by atoms with Gasteiger partial charge < -0.3 is 0 Å². The minimum Gasteiger partial charge on any atom is -0.274 e. The average molecular weight is 999 g/mol. The topological polar surface area (TPSA) is 74.8 Å². The highest BCUT2D eigenvalue weighted by Crippen LogP contribution is 2.46. The minimum atomic E-state index is -0.207. The molecule has 6 nitrogen and oxygen atoms in total. The lowest BCUT2D eigenvalue weighted by atomic mass is 9.82. The first-order valence-electron chi connectivity index (χ1n) is 27.7. The number of rotatable bonds is 30. The number of imide groups is 2. The molecule has 0 saturated heterocycles. The maximum atomic E-state index is 14.6. The molecule has 0 aliphatic carbocycles. The number of amides is 4. The summed E-state index contributed by atoms with van der Waals surface area (Å²) in [7, 11) is 0. The van der Waals surface area contributed by atoms with Crippen molar-refractivity contribution in [3.8, 4) is 0 Å². The van der Waals surface area contributed by atoms with E-state index in [4.69, 9.17) is 0 Å². The second-order valence-electron chi connectivity index (χ2n) is 20.7. The molecule has 0 fully saturated rings. The van der Waals surface area contributed by atoms with Crippen molar-refractivity contribution in [2.24, 2.45) is 11.8 Å². The molecular formula is C64H74N2O4S2. The molecule has 376 valence electrons. The Morgan fingerprint density at radius 1 is 0.347 bits per heavy atom. The van der Waals surface area contributed by atoms with Crippen molar-refractivity contribution in [2.45, 2.75) is 152 Å². The number of unbranched alkanes of at least 4 members (excludes halogenated alkanes) is 12. The molecule has 0 N–H and O–H groups in total. The molecule has 7 aromatic carbocycles. The Morgan fingerprint density at radius 3 is 0.972 bits per heavy atom. The summed E-state index contributed by atoms with van der Waals surface area (Å²) in [6, 6.07) is 37.0. The van der Waals surface area contributed by atoms with E-state index in [1.807, 2.05) is 72.1 Å². The lowest BCUT2D eigenvalue weighted by molar-refractivity contribution is 0.0563. The first kappa shape index (κ1) is 51.7. The normalized spacial score (nSPS) is 14.5. The van der Waals surface area contributed by atoms with Gasteiger partial charge in [0.1, 0.15) is 0 Å². The summed E-state index contributed by atoms with van der Waals surface area (Å²) in [6.07, 6.45) is 22.6. The molecule has 2 aliphatic rings. The Kier molecular flexibility index (Phi) is 18.1. The van der Waals surface area contributed by atoms with Gasteiger partial charge in [-0.1, -0.05) is 164 Å². The second-order valence-corrected chi connectivity index (χ2v) is 23.1. The Morgan fingerprint density at radius 2 is 0.653 bits per heavy atom. The predicted octanol–water partition coefficient (Wildman–Crippen LogP) is 17.6. The zero-order chi connectivity index (χ0) is 49.8. The Labute approximate surface area is 436 Å². The molecule has 2 unspecified atom stereocenters. The van der Waals surface area contributed by atoms with Gasteiger partial charge in [0.05, 0.1) is 0 Å². The fourth-order valence-corrected chi connectivity index (χ4v) is 13.6. The average Bonchev–Trinajstić information content (AvgIpc) is 3.41. The number of hydrogen-bond donors (Lipinski definition) is 0. The van der Waals surface area contributed by atoms with Gasteiger partial charge in [0, 0.05) is 55.9 Å². The Balaban J connectivity index is 0.911. The maximum absolute atomic E-state index is 14.6. The quantitative estimate of drug-likeness (QED) is 0.0147. The standard InChI is InChI=1S/C64H74N2O4S2/c1-3-5-7-15-25-45(27-17-9-11-23-41-71-47-29-19-13-20-30-47)43-65-61(67)53-37-33-49-51-35-39-55-60-56(40-36-52(58(51)60)50-34-38-54(62(65)68)59(53)57(49)50)64(70)66(63(55)69)44-46(26-16-8-6-4-2)28-18-10-12-24-42-72-48-31-21-14-22-32-48/h13-14,19-22,29-40,45-46H,3-12,15-18,23-28,41-44H2,1-2H3. The van der Waals surface area contributed by atoms with Crippen LogP contribution < -0.4 is 0 Å². The van der Waals surface area contributed by atoms with Gasteiger partial charge in [-0.15, -0.1) is 23.5 Å². The van der Waals surface area contributed by atoms with Crippen LogP contribution in [0, 0.1) is 11.8 Å². The van der Waals surface area contributed by atoms with E-state index < -0.39 is 0 Å². The third-order valence-electron chi connectivity index (χ3n) is 15.7. The lowest BCUT2D eigenvalue weighted by Gasteiger charge is -2.32. The molecule has 0 saturated carbocycles. The van der Waals surface area contributed by atoms with E-state index in [0.29, 0.717) is 35.3 Å². The van der Waals surface area contributed by atoms with Crippen LogP contribution in [0.3, 0.4) is 0 Å². The lowest BCUT2D eigenvalue weighted by Crippen LogP contribution is -2.43. The first-order chi connectivity index (χ1) is 35.4. The number of nitrogens with zero attached hydrogens (tertiary/aromatic N) is 2. The molecule has 0 radical (unpaired) electrons. The smallest absolute Gasteiger partial charge is 0.261 e. The summed E-state index contributed by atoms with van der Waals surface area (Å²) in [5.41, 5.74) is 2.30. The van der Waals surface area contributed by atoms with Crippen molar-refractivity contribution in [3.05, 3.63) is 131 Å². The van der Waals surface area contributed by atoms with Crippen LogP contribution in [-0.4, -0.2) is 58.0 Å². The van der Waals surface area contributed by atoms with Gasteiger partial charge in [-0.05, 0) is 143 Å². The highest BCUT2D eigenvalue weighted by atomic mass is 32.2. The summed E-state index contributed by atoms with van der Waals surface area (Å²) in [4.78, 5) is 64.3. The van der Waals surface area contributed by atoms with E-state index in [9.17, 15) is 19.2 Å². The van der Waals surface area contributed by atoms with Crippen LogP contribution in [0.15, 0.2) is 119 Å². The third kappa shape index (κ3) is 11.6. The van der Waals surface area contributed by atoms with Crippen molar-refractivity contribution in [1.29, 1.82) is 0 Å². The van der Waals surface area contributed by atoms with Gasteiger partial charge in [0.15, 0.2) is 0 Å². The molecule has 2 atom stereocenters. The molecule has 7 aromatic rings. The highest BCUT2D eigenvalue weighted by molar-refractivity contribution is 7.99. The van der Waals surface area contributed by atoms with E-state index in [1.165, 1.54) is 74.0 Å². The van der Waals surface area contributed by atoms with Crippen LogP contribution in [0.2, 0.25) is 0 Å². The molecule has 4 amide bonds. The number of carbonyl (C=O) groups is 4. The van der Waals surface area contributed by atoms with Gasteiger partial charge in [0.25, 0.3) is 23.6 Å². The SMILES string of the molecule is CCCCCCC(CCCCCCSc1ccccc1)CN1C(=O)c2ccc3c4ccc5c6c(ccc(c7ccc(c2c37)C1=O)c64)C(=O)N(CC(CCCCCC)CCCCCCSc1ccccc1)C5=O. The van der Waals surface area contributed by atoms with Crippen LogP contribution in [0.25, 0.3) is 43.1 Å². The van der Waals surface area contributed by atoms with Crippen molar-refractivity contribution in [1.82, 2.24) is 9.80 Å². The molecule has 8 heteroatoms. The molecular weight excluding hydrogens is 925 g/mol. The predicted molar refractivity (Wildman–Crippen MR) is 303 cm³/mol. The van der Waals surface area contributed by atoms with Gasteiger partial charge >= 0.3 is 0 Å². The molecule has 0 bridgehead atoms. The number of benzene rings is 7. The van der Waals surface area contributed by atoms with Crippen LogP contribution in [0.5, 0.6) is 0 Å². The Bertz CT molecular complexity index is 2650. The number of fused-ring (bicyclic) bond motifs is 2. The molecule has 2 heterocycles. The number of hydrogen-bond acceptors (Lipinski definition) is 6. The summed E-state index contributed by atoms with van der Waals surface area (Å²) >= 11 is 3.84. The number of thioether (sulfide) groups is 2. The highest BCUT2D eigenvalue weighted by Gasteiger charge is 2.38. The third-order valence-corrected chi connectivity index (χ3v) is 17.9. The van der Waals surface area contributed by atoms with E-state index >= 15 is 0 Å². The molecule has 2 aliphatic heterocycles. The minimum absolute atomic E-state index is 0.207. The maximum Gasteiger partial charge on any atom is 0.261 e. The van der Waals surface area contributed by atoms with Gasteiger partial charge in [0.2, 0.25) is 0 Å². The summed E-state index contributed by atoms with van der Waals surface area (Å²) in [6.45, 7) is 5.35. The molecule has 9 rings (SSSR count). The van der Waals surface area contributed by atoms with Crippen LogP contribution >= 0.6 is 23.5 Å². The van der Waals surface area contributed by atoms with E-state index in [-0.39, 0.29) is 35.5 Å². The van der Waals surface area contributed by atoms with E-state index in [0.717, 1.165) is 119 Å². The zero-order valence-electron chi connectivity index (χ0n) is 42.9. The Hall–Kier alpha value is -5.18. The number of carbonyl (C=O) groups excluding carboxylic acids is 4. The van der Waals surface area contributed by atoms with Crippen LogP contribution in [0.4, 0.5) is 0 Å². The van der Waals surface area contributed by atoms with E-state index in [2.05, 4.69) is 74.5 Å². The molecule has 72 heavy (non-hydrogen) atoms. The van der Waals surface area contributed by atoms with Crippen molar-refractivity contribution in [3.63, 3.8) is 0 Å². The zero-order valence-corrected chi connectivity index (χ0v) is 44.5.